The fourth-order valence-electron chi connectivity index (χ4n) is 1.65. The van der Waals surface area contributed by atoms with Crippen LogP contribution in [0.1, 0.15) is 22.3 Å². The van der Waals surface area contributed by atoms with Gasteiger partial charge in [-0.15, -0.1) is 0 Å². The van der Waals surface area contributed by atoms with Crippen LogP contribution in [0.3, 0.4) is 0 Å². The maximum atomic E-state index is 10.9. The Balaban J connectivity index is 2.47. The van der Waals surface area contributed by atoms with Gasteiger partial charge in [-0.05, 0) is 6.07 Å². The van der Waals surface area contributed by atoms with Gasteiger partial charge < -0.3 is 14.7 Å². The van der Waals surface area contributed by atoms with Crippen LogP contribution in [-0.2, 0) is 6.54 Å². The Morgan fingerprint density at radius 3 is 2.75 bits per heavy atom. The summed E-state index contributed by atoms with van der Waals surface area (Å²) in [5.41, 5.74) is 3.31. The fourth-order valence-corrected chi connectivity index (χ4v) is 1.65. The van der Waals surface area contributed by atoms with Crippen molar-refractivity contribution in [2.75, 3.05) is 13.2 Å². The van der Waals surface area contributed by atoms with Crippen LogP contribution >= 0.6 is 0 Å². The largest absolute Gasteiger partial charge is 0.489 e. The van der Waals surface area contributed by atoms with Crippen molar-refractivity contribution in [2.45, 2.75) is 13.0 Å². The van der Waals surface area contributed by atoms with E-state index in [1.807, 2.05) is 0 Å². The molecule has 5 heteroatoms. The first-order valence-corrected chi connectivity index (χ1v) is 5.10. The molecule has 16 heavy (non-hydrogen) atoms. The van der Waals surface area contributed by atoms with Crippen molar-refractivity contribution in [3.63, 3.8) is 0 Å². The summed E-state index contributed by atoms with van der Waals surface area (Å²) >= 11 is 0. The van der Waals surface area contributed by atoms with E-state index in [1.165, 1.54) is 0 Å². The number of aldehydes is 1. The normalized spacial score (nSPS) is 14.3. The summed E-state index contributed by atoms with van der Waals surface area (Å²) in [7, 11) is 0. The number of hydrogen-bond donors (Lipinski definition) is 2. The number of ether oxygens (including phenoxy) is 2. The first-order valence-electron chi connectivity index (χ1n) is 5.10. The highest BCUT2D eigenvalue weighted by Crippen LogP contribution is 2.36. The molecule has 0 radical (unpaired) electrons. The maximum Gasteiger partial charge on any atom is 0.171 e. The Morgan fingerprint density at radius 1 is 1.31 bits per heavy atom. The third-order valence-electron chi connectivity index (χ3n) is 2.40. The molecule has 0 saturated carbocycles. The van der Waals surface area contributed by atoms with Crippen molar-refractivity contribution in [1.29, 1.82) is 0 Å². The number of nitrogens with one attached hydrogen (secondary N) is 1. The van der Waals surface area contributed by atoms with E-state index >= 15 is 0 Å². The molecule has 0 bridgehead atoms. The molecular formula is C11H13NO4. The van der Waals surface area contributed by atoms with E-state index in [1.54, 1.807) is 12.1 Å². The van der Waals surface area contributed by atoms with E-state index in [0.29, 0.717) is 30.3 Å². The summed E-state index contributed by atoms with van der Waals surface area (Å²) < 4.78 is 11.0. The average molecular weight is 223 g/mol. The molecule has 1 heterocycles. The molecule has 2 rings (SSSR count). The molecule has 1 aliphatic rings. The zero-order valence-corrected chi connectivity index (χ0v) is 8.73. The van der Waals surface area contributed by atoms with Crippen LogP contribution in [0, 0.1) is 0 Å². The van der Waals surface area contributed by atoms with Crippen molar-refractivity contribution in [2.24, 2.45) is 0 Å². The van der Waals surface area contributed by atoms with Crippen molar-refractivity contribution < 1.29 is 19.5 Å². The minimum atomic E-state index is 0.255. The van der Waals surface area contributed by atoms with Crippen LogP contribution < -0.4 is 15.0 Å². The Hall–Kier alpha value is -1.59. The highest BCUT2D eigenvalue weighted by Gasteiger charge is 2.18. The Labute approximate surface area is 92.9 Å². The zero-order valence-electron chi connectivity index (χ0n) is 8.73. The molecule has 1 aliphatic heterocycles. The second-order valence-electron chi connectivity index (χ2n) is 3.48. The molecule has 1 aromatic carbocycles. The van der Waals surface area contributed by atoms with Gasteiger partial charge in [-0.25, -0.2) is 5.48 Å². The van der Waals surface area contributed by atoms with Gasteiger partial charge in [0.05, 0.1) is 18.8 Å². The van der Waals surface area contributed by atoms with Gasteiger partial charge >= 0.3 is 0 Å². The van der Waals surface area contributed by atoms with Gasteiger partial charge in [-0.3, -0.25) is 4.79 Å². The molecule has 0 atom stereocenters. The Bertz CT molecular complexity index is 392. The first-order chi connectivity index (χ1) is 7.86. The molecule has 0 aromatic heterocycles. The summed E-state index contributed by atoms with van der Waals surface area (Å²) in [6, 6.07) is 3.40. The van der Waals surface area contributed by atoms with E-state index in [-0.39, 0.29) is 6.54 Å². The monoisotopic (exact) mass is 223 g/mol. The quantitative estimate of drug-likeness (QED) is 0.594. The molecule has 0 unspecified atom stereocenters. The lowest BCUT2D eigenvalue weighted by Gasteiger charge is -2.13. The van der Waals surface area contributed by atoms with Gasteiger partial charge in [0, 0.05) is 18.5 Å². The standard InChI is InChI=1S/C11H13NO4/c13-7-9-3-2-8(6-12-14)10-11(9)16-5-1-4-15-10/h2-3,7,12,14H,1,4-6H2. The summed E-state index contributed by atoms with van der Waals surface area (Å²) in [5, 5.41) is 8.70. The van der Waals surface area contributed by atoms with E-state index in [2.05, 4.69) is 5.48 Å². The molecule has 1 aromatic rings. The number of hydrogen-bond acceptors (Lipinski definition) is 5. The summed E-state index contributed by atoms with van der Waals surface area (Å²) in [6.07, 6.45) is 1.52. The summed E-state index contributed by atoms with van der Waals surface area (Å²) in [6.45, 7) is 1.34. The lowest BCUT2D eigenvalue weighted by atomic mass is 10.1. The van der Waals surface area contributed by atoms with Crippen LogP contribution in [0.2, 0.25) is 0 Å². The Kier molecular flexibility index (Phi) is 3.38. The van der Waals surface area contributed by atoms with Gasteiger partial charge in [0.2, 0.25) is 0 Å². The third kappa shape index (κ3) is 2.00. The first kappa shape index (κ1) is 10.9. The molecule has 0 amide bonds. The molecule has 0 fully saturated rings. The number of fused-ring (bicyclic) bond motifs is 1. The SMILES string of the molecule is O=Cc1ccc(CNO)c2c1OCCCO2. The molecule has 86 valence electrons. The lowest BCUT2D eigenvalue weighted by Crippen LogP contribution is -2.09. The fraction of sp³-hybridized carbons (Fsp3) is 0.364. The summed E-state index contributed by atoms with van der Waals surface area (Å²) in [5.74, 6) is 1.02. The Morgan fingerprint density at radius 2 is 2.06 bits per heavy atom. The minimum absolute atomic E-state index is 0.255. The molecule has 0 spiro atoms. The molecular weight excluding hydrogens is 210 g/mol. The number of carbonyl (C=O) groups excluding carboxylic acids is 1. The van der Waals surface area contributed by atoms with Crippen molar-refractivity contribution in [1.82, 2.24) is 5.48 Å². The van der Waals surface area contributed by atoms with Crippen LogP contribution in [-0.4, -0.2) is 24.7 Å². The van der Waals surface area contributed by atoms with Gasteiger partial charge in [-0.1, -0.05) is 6.07 Å². The van der Waals surface area contributed by atoms with Crippen LogP contribution in [0.15, 0.2) is 12.1 Å². The predicted octanol–water partition coefficient (Wildman–Crippen LogP) is 1.14. The molecule has 5 nitrogen and oxygen atoms in total. The molecule has 2 N–H and O–H groups in total. The number of carbonyl (C=O) groups is 1. The number of benzene rings is 1. The second-order valence-corrected chi connectivity index (χ2v) is 3.48. The van der Waals surface area contributed by atoms with E-state index in [4.69, 9.17) is 14.7 Å². The van der Waals surface area contributed by atoms with Crippen LogP contribution in [0.25, 0.3) is 0 Å². The smallest absolute Gasteiger partial charge is 0.171 e. The van der Waals surface area contributed by atoms with Crippen molar-refractivity contribution in [3.8, 4) is 11.5 Å². The average Bonchev–Trinajstić information content (AvgIpc) is 2.55. The maximum absolute atomic E-state index is 10.9. The number of rotatable bonds is 3. The second kappa shape index (κ2) is 4.96. The lowest BCUT2D eigenvalue weighted by molar-refractivity contribution is 0.111. The summed E-state index contributed by atoms with van der Waals surface area (Å²) in [4.78, 5) is 10.9. The molecule has 0 aliphatic carbocycles. The van der Waals surface area contributed by atoms with Crippen LogP contribution in [0.4, 0.5) is 0 Å². The van der Waals surface area contributed by atoms with Crippen LogP contribution in [0.5, 0.6) is 11.5 Å². The highest BCUT2D eigenvalue weighted by atomic mass is 16.5. The van der Waals surface area contributed by atoms with E-state index in [0.717, 1.165) is 18.3 Å². The predicted molar refractivity (Wildman–Crippen MR) is 56.1 cm³/mol. The number of hydroxylamine groups is 1. The van der Waals surface area contributed by atoms with Gasteiger partial charge in [0.25, 0.3) is 0 Å². The zero-order chi connectivity index (χ0) is 11.4. The van der Waals surface area contributed by atoms with E-state index in [9.17, 15) is 4.79 Å². The van der Waals surface area contributed by atoms with Crippen molar-refractivity contribution >= 4 is 6.29 Å². The van der Waals surface area contributed by atoms with Gasteiger partial charge in [-0.2, -0.15) is 0 Å². The van der Waals surface area contributed by atoms with Gasteiger partial charge in [0.15, 0.2) is 17.8 Å². The third-order valence-corrected chi connectivity index (χ3v) is 2.40. The van der Waals surface area contributed by atoms with E-state index < -0.39 is 0 Å². The van der Waals surface area contributed by atoms with Gasteiger partial charge in [0.1, 0.15) is 0 Å². The highest BCUT2D eigenvalue weighted by molar-refractivity contribution is 5.81. The molecule has 0 saturated heterocycles. The van der Waals surface area contributed by atoms with Crippen molar-refractivity contribution in [3.05, 3.63) is 23.3 Å². The topological polar surface area (TPSA) is 67.8 Å². The minimum Gasteiger partial charge on any atom is -0.489 e.